The number of rotatable bonds is 7. The summed E-state index contributed by atoms with van der Waals surface area (Å²) >= 11 is 3.17. The molecular weight excluding hydrogens is 569 g/mol. The van der Waals surface area contributed by atoms with Crippen molar-refractivity contribution >= 4 is 57.3 Å². The van der Waals surface area contributed by atoms with E-state index in [1.54, 1.807) is 50.4 Å². The number of carbonyl (C=O) groups excluding carboxylic acids is 2. The summed E-state index contributed by atoms with van der Waals surface area (Å²) in [5.41, 5.74) is 1.98. The molecule has 2 aromatic carbocycles. The highest BCUT2D eigenvalue weighted by molar-refractivity contribution is 14.1. The summed E-state index contributed by atoms with van der Waals surface area (Å²) in [6.07, 6.45) is 1.70. The Morgan fingerprint density at radius 3 is 2.47 bits per heavy atom. The molecule has 1 N–H and O–H groups in total. The van der Waals surface area contributed by atoms with Crippen molar-refractivity contribution in [2.45, 2.75) is 20.8 Å². The number of amides is 1. The maximum atomic E-state index is 12.7. The highest BCUT2D eigenvalue weighted by Gasteiger charge is 2.34. The number of ether oxygens (including phenoxy) is 3. The van der Waals surface area contributed by atoms with Crippen LogP contribution in [0, 0.1) is 10.5 Å². The van der Waals surface area contributed by atoms with Gasteiger partial charge in [-0.2, -0.15) is 0 Å². The zero-order valence-electron chi connectivity index (χ0n) is 19.2. The predicted octanol–water partition coefficient (Wildman–Crippen LogP) is 5.71. The molecular formula is C25H24INO6S. The third kappa shape index (κ3) is 5.82. The summed E-state index contributed by atoms with van der Waals surface area (Å²) in [5.74, 6) is -0.379. The summed E-state index contributed by atoms with van der Waals surface area (Å²) in [6.45, 7) is 6.03. The first kappa shape index (κ1) is 25.8. The summed E-state index contributed by atoms with van der Waals surface area (Å²) in [4.78, 5) is 29.8. The van der Waals surface area contributed by atoms with E-state index in [1.165, 1.54) is 0 Å². The Labute approximate surface area is 216 Å². The number of aliphatic hydroxyl groups excluding tert-OH is 1. The molecule has 178 valence electrons. The first-order chi connectivity index (χ1) is 16.3. The van der Waals surface area contributed by atoms with Gasteiger partial charge in [-0.05, 0) is 79.3 Å². The first-order valence-electron chi connectivity index (χ1n) is 10.5. The molecule has 1 aliphatic rings. The Bertz CT molecular complexity index is 1200. The van der Waals surface area contributed by atoms with Crippen molar-refractivity contribution in [3.63, 3.8) is 0 Å². The molecule has 0 fully saturated rings. The van der Waals surface area contributed by atoms with Gasteiger partial charge in [-0.3, -0.25) is 4.79 Å². The van der Waals surface area contributed by atoms with Crippen molar-refractivity contribution < 1.29 is 28.9 Å². The standard InChI is InChI=1S/C25H24INO6S/c1-5-32-18-12-15(11-17(26)22(18)31-4)13-19-21(28)20(25(30)33-6-2)24(34-19)27-23(29)16-9-7-14(3)8-10-16/h7-13,28H,5-6H2,1-4H3/b19-13-,27-24?. The Balaban J connectivity index is 2.04. The molecule has 2 aromatic rings. The predicted molar refractivity (Wildman–Crippen MR) is 142 cm³/mol. The number of hydrogen-bond acceptors (Lipinski definition) is 7. The lowest BCUT2D eigenvalue weighted by atomic mass is 10.1. The van der Waals surface area contributed by atoms with Crippen molar-refractivity contribution in [2.75, 3.05) is 20.3 Å². The molecule has 0 bridgehead atoms. The van der Waals surface area contributed by atoms with Gasteiger partial charge in [-0.25, -0.2) is 9.79 Å². The number of esters is 1. The lowest BCUT2D eigenvalue weighted by Crippen LogP contribution is -2.14. The van der Waals surface area contributed by atoms with Crippen LogP contribution in [-0.2, 0) is 9.53 Å². The van der Waals surface area contributed by atoms with E-state index < -0.39 is 11.9 Å². The van der Waals surface area contributed by atoms with Crippen LogP contribution in [0.15, 0.2) is 57.6 Å². The fourth-order valence-electron chi connectivity index (χ4n) is 3.13. The molecule has 9 heteroatoms. The van der Waals surface area contributed by atoms with Gasteiger partial charge < -0.3 is 19.3 Å². The molecule has 0 radical (unpaired) electrons. The van der Waals surface area contributed by atoms with Gasteiger partial charge in [0.05, 0.1) is 28.8 Å². The van der Waals surface area contributed by atoms with Crippen LogP contribution in [0.5, 0.6) is 11.5 Å². The topological polar surface area (TPSA) is 94.4 Å². The molecule has 0 saturated carbocycles. The van der Waals surface area contributed by atoms with Crippen molar-refractivity contribution in [3.8, 4) is 11.5 Å². The zero-order valence-corrected chi connectivity index (χ0v) is 22.2. The van der Waals surface area contributed by atoms with E-state index in [2.05, 4.69) is 27.6 Å². The molecule has 0 spiro atoms. The van der Waals surface area contributed by atoms with E-state index in [9.17, 15) is 14.7 Å². The van der Waals surface area contributed by atoms with E-state index >= 15 is 0 Å². The highest BCUT2D eigenvalue weighted by atomic mass is 127. The zero-order chi connectivity index (χ0) is 24.8. The van der Waals surface area contributed by atoms with Gasteiger partial charge in [0.25, 0.3) is 5.91 Å². The van der Waals surface area contributed by atoms with Crippen molar-refractivity contribution in [1.29, 1.82) is 0 Å². The van der Waals surface area contributed by atoms with Crippen LogP contribution >= 0.6 is 34.4 Å². The maximum absolute atomic E-state index is 12.7. The number of thioether (sulfide) groups is 1. The number of benzene rings is 2. The number of carbonyl (C=O) groups is 2. The Hall–Kier alpha value is -2.79. The highest BCUT2D eigenvalue weighted by Crippen LogP contribution is 2.41. The summed E-state index contributed by atoms with van der Waals surface area (Å²) in [5, 5.41) is 11.0. The second-order valence-electron chi connectivity index (χ2n) is 7.11. The van der Waals surface area contributed by atoms with Crippen LogP contribution in [-0.4, -0.2) is 42.4 Å². The molecule has 1 heterocycles. The molecule has 0 unspecified atom stereocenters. The molecule has 7 nitrogen and oxygen atoms in total. The number of aliphatic imine (C=N–C) groups is 1. The van der Waals surface area contributed by atoms with Gasteiger partial charge in [0, 0.05) is 5.56 Å². The minimum Gasteiger partial charge on any atom is -0.506 e. The van der Waals surface area contributed by atoms with Crippen LogP contribution in [0.25, 0.3) is 6.08 Å². The maximum Gasteiger partial charge on any atom is 0.344 e. The number of hydrogen-bond donors (Lipinski definition) is 1. The molecule has 0 atom stereocenters. The van der Waals surface area contributed by atoms with Gasteiger partial charge in [0.2, 0.25) is 0 Å². The molecule has 0 aromatic heterocycles. The summed E-state index contributed by atoms with van der Waals surface area (Å²) in [7, 11) is 1.57. The lowest BCUT2D eigenvalue weighted by molar-refractivity contribution is -0.138. The second-order valence-corrected chi connectivity index (χ2v) is 9.30. The minimum atomic E-state index is -0.745. The van der Waals surface area contributed by atoms with Gasteiger partial charge in [-0.1, -0.05) is 29.5 Å². The number of aliphatic hydroxyl groups is 1. The van der Waals surface area contributed by atoms with Crippen molar-refractivity contribution in [1.82, 2.24) is 0 Å². The van der Waals surface area contributed by atoms with Gasteiger partial charge in [0.15, 0.2) is 11.5 Å². The number of nitrogens with zero attached hydrogens (tertiary/aromatic N) is 1. The van der Waals surface area contributed by atoms with E-state index in [0.29, 0.717) is 28.6 Å². The molecule has 1 aliphatic heterocycles. The smallest absolute Gasteiger partial charge is 0.344 e. The van der Waals surface area contributed by atoms with E-state index in [-0.39, 0.29) is 23.0 Å². The van der Waals surface area contributed by atoms with Crippen LogP contribution in [0.1, 0.15) is 35.3 Å². The van der Waals surface area contributed by atoms with E-state index in [4.69, 9.17) is 14.2 Å². The molecule has 1 amide bonds. The van der Waals surface area contributed by atoms with Gasteiger partial charge in [0.1, 0.15) is 16.4 Å². The van der Waals surface area contributed by atoms with Gasteiger partial charge >= 0.3 is 5.97 Å². The van der Waals surface area contributed by atoms with E-state index in [0.717, 1.165) is 26.5 Å². The van der Waals surface area contributed by atoms with Gasteiger partial charge in [-0.15, -0.1) is 0 Å². The molecule has 3 rings (SSSR count). The lowest BCUT2D eigenvalue weighted by Gasteiger charge is -2.12. The molecule has 0 saturated heterocycles. The molecule has 0 aliphatic carbocycles. The quantitative estimate of drug-likeness (QED) is 0.325. The number of methoxy groups -OCH3 is 1. The Morgan fingerprint density at radius 1 is 1.15 bits per heavy atom. The average Bonchev–Trinajstić information content (AvgIpc) is 3.09. The van der Waals surface area contributed by atoms with Crippen molar-refractivity contribution in [3.05, 3.63) is 72.9 Å². The van der Waals surface area contributed by atoms with Crippen LogP contribution in [0.2, 0.25) is 0 Å². The summed E-state index contributed by atoms with van der Waals surface area (Å²) < 4.78 is 17.0. The fraction of sp³-hybridized carbons (Fsp3) is 0.240. The number of halogens is 1. The SMILES string of the molecule is CCOC(=O)C1=C(O)/C(=C/c2cc(I)c(OC)c(OCC)c2)SC1=NC(=O)c1ccc(C)cc1. The summed E-state index contributed by atoms with van der Waals surface area (Å²) in [6, 6.07) is 10.6. The Morgan fingerprint density at radius 2 is 1.85 bits per heavy atom. The fourth-order valence-corrected chi connectivity index (χ4v) is 4.99. The van der Waals surface area contributed by atoms with Crippen LogP contribution in [0.3, 0.4) is 0 Å². The first-order valence-corrected chi connectivity index (χ1v) is 12.4. The second kappa shape index (κ2) is 11.6. The molecule has 34 heavy (non-hydrogen) atoms. The average molecular weight is 593 g/mol. The normalized spacial score (nSPS) is 15.7. The largest absolute Gasteiger partial charge is 0.506 e. The van der Waals surface area contributed by atoms with Crippen LogP contribution in [0.4, 0.5) is 0 Å². The van der Waals surface area contributed by atoms with Crippen molar-refractivity contribution in [2.24, 2.45) is 4.99 Å². The number of aryl methyl sites for hydroxylation is 1. The Kier molecular flexibility index (Phi) is 8.78. The third-order valence-electron chi connectivity index (χ3n) is 4.71. The monoisotopic (exact) mass is 593 g/mol. The van der Waals surface area contributed by atoms with E-state index in [1.807, 2.05) is 19.9 Å². The third-order valence-corrected chi connectivity index (χ3v) is 6.53. The minimum absolute atomic E-state index is 0.0843. The van der Waals surface area contributed by atoms with Crippen LogP contribution < -0.4 is 9.47 Å².